The number of amides is 1. The van der Waals surface area contributed by atoms with Crippen LogP contribution in [0.1, 0.15) is 22.8 Å². The number of nitrogens with zero attached hydrogens (tertiary/aromatic N) is 2. The molecule has 0 aliphatic carbocycles. The van der Waals surface area contributed by atoms with Gasteiger partial charge in [-0.25, -0.2) is 13.8 Å². The Labute approximate surface area is 131 Å². The fourth-order valence-corrected chi connectivity index (χ4v) is 2.44. The van der Waals surface area contributed by atoms with E-state index in [1.165, 1.54) is 6.07 Å². The molecule has 4 nitrogen and oxygen atoms in total. The molecule has 118 valence electrons. The maximum atomic E-state index is 13.3. The highest BCUT2D eigenvalue weighted by molar-refractivity contribution is 5.97. The second kappa shape index (κ2) is 6.16. The monoisotopic (exact) mass is 315 g/mol. The molecule has 0 unspecified atom stereocenters. The molecule has 0 radical (unpaired) electrons. The number of rotatable bonds is 4. The third-order valence-corrected chi connectivity index (χ3v) is 3.69. The molecule has 0 spiro atoms. The van der Waals surface area contributed by atoms with Gasteiger partial charge in [-0.2, -0.15) is 0 Å². The molecule has 2 aromatic carbocycles. The number of carbonyl (C=O) groups is 1. The molecule has 6 heteroatoms. The van der Waals surface area contributed by atoms with Crippen molar-refractivity contribution in [3.05, 3.63) is 65.5 Å². The van der Waals surface area contributed by atoms with E-state index in [-0.39, 0.29) is 12.5 Å². The van der Waals surface area contributed by atoms with Gasteiger partial charge in [-0.05, 0) is 42.8 Å². The molecule has 3 rings (SSSR count). The van der Waals surface area contributed by atoms with Gasteiger partial charge in [-0.3, -0.25) is 4.79 Å². The van der Waals surface area contributed by atoms with Crippen LogP contribution in [-0.2, 0) is 6.54 Å². The zero-order chi connectivity index (χ0) is 16.4. The van der Waals surface area contributed by atoms with Crippen LogP contribution < -0.4 is 0 Å². The summed E-state index contributed by atoms with van der Waals surface area (Å²) in [5.41, 5.74) is 2.62. The van der Waals surface area contributed by atoms with Gasteiger partial charge >= 0.3 is 0 Å². The van der Waals surface area contributed by atoms with Crippen LogP contribution in [0.5, 0.6) is 0 Å². The highest BCUT2D eigenvalue weighted by Gasteiger charge is 2.16. The molecule has 0 atom stereocenters. The smallest absolute Gasteiger partial charge is 0.254 e. The highest BCUT2D eigenvalue weighted by Crippen LogP contribution is 2.16. The van der Waals surface area contributed by atoms with Crippen LogP contribution in [-0.4, -0.2) is 27.3 Å². The molecule has 1 amide bonds. The molecule has 1 aromatic heterocycles. The minimum Gasteiger partial charge on any atom is -0.345 e. The van der Waals surface area contributed by atoms with Gasteiger partial charge in [-0.1, -0.05) is 6.07 Å². The summed E-state index contributed by atoms with van der Waals surface area (Å²) in [6.07, 6.45) is 1.57. The molecule has 0 aliphatic rings. The number of imidazole rings is 1. The maximum absolute atomic E-state index is 13.3. The van der Waals surface area contributed by atoms with Crippen molar-refractivity contribution in [1.82, 2.24) is 14.9 Å². The summed E-state index contributed by atoms with van der Waals surface area (Å²) in [6.45, 7) is 2.51. The van der Waals surface area contributed by atoms with Crippen molar-refractivity contribution in [3.63, 3.8) is 0 Å². The third-order valence-electron chi connectivity index (χ3n) is 3.69. The Morgan fingerprint density at radius 1 is 1.17 bits per heavy atom. The number of aromatic amines is 1. The molecular formula is C17H15F2N3O. The lowest BCUT2D eigenvalue weighted by molar-refractivity contribution is 0.0752. The van der Waals surface area contributed by atoms with E-state index in [1.54, 1.807) is 29.4 Å². The van der Waals surface area contributed by atoms with Crippen LogP contribution >= 0.6 is 0 Å². The van der Waals surface area contributed by atoms with Crippen molar-refractivity contribution in [2.24, 2.45) is 0 Å². The quantitative estimate of drug-likeness (QED) is 0.801. The largest absolute Gasteiger partial charge is 0.345 e. The van der Waals surface area contributed by atoms with Gasteiger partial charge in [0, 0.05) is 18.7 Å². The van der Waals surface area contributed by atoms with E-state index in [4.69, 9.17) is 0 Å². The summed E-state index contributed by atoms with van der Waals surface area (Å²) < 4.78 is 26.3. The molecule has 0 bridgehead atoms. The van der Waals surface area contributed by atoms with Crippen LogP contribution in [0.2, 0.25) is 0 Å². The van der Waals surface area contributed by atoms with Crippen LogP contribution in [0.3, 0.4) is 0 Å². The van der Waals surface area contributed by atoms with Crippen molar-refractivity contribution in [2.45, 2.75) is 13.5 Å². The molecule has 0 saturated heterocycles. The molecule has 0 aliphatic heterocycles. The first-order chi connectivity index (χ1) is 11.1. The Kier molecular flexibility index (Phi) is 4.06. The normalized spacial score (nSPS) is 10.9. The maximum Gasteiger partial charge on any atom is 0.254 e. The van der Waals surface area contributed by atoms with E-state index < -0.39 is 11.6 Å². The summed E-state index contributed by atoms with van der Waals surface area (Å²) in [5, 5.41) is 0. The molecule has 0 fully saturated rings. The minimum atomic E-state index is -0.912. The van der Waals surface area contributed by atoms with Crippen LogP contribution in [0.25, 0.3) is 11.0 Å². The van der Waals surface area contributed by atoms with Gasteiger partial charge in [0.05, 0.1) is 17.4 Å². The Morgan fingerprint density at radius 3 is 2.74 bits per heavy atom. The standard InChI is InChI=1S/C17H15F2N3O/c1-2-22(9-11-3-5-13(18)14(19)7-11)17(23)12-4-6-15-16(8-12)21-10-20-15/h3-8,10H,2,9H2,1H3,(H,20,21). The fourth-order valence-electron chi connectivity index (χ4n) is 2.44. The van der Waals surface area contributed by atoms with E-state index in [2.05, 4.69) is 9.97 Å². The first-order valence-electron chi connectivity index (χ1n) is 7.25. The number of halogens is 2. The van der Waals surface area contributed by atoms with Gasteiger partial charge in [0.25, 0.3) is 5.91 Å². The van der Waals surface area contributed by atoms with Gasteiger partial charge in [-0.15, -0.1) is 0 Å². The zero-order valence-corrected chi connectivity index (χ0v) is 12.5. The Morgan fingerprint density at radius 2 is 2.00 bits per heavy atom. The first kappa shape index (κ1) is 15.1. The van der Waals surface area contributed by atoms with E-state index >= 15 is 0 Å². The van der Waals surface area contributed by atoms with E-state index in [0.29, 0.717) is 17.7 Å². The molecule has 0 saturated carbocycles. The van der Waals surface area contributed by atoms with Crippen molar-refractivity contribution in [1.29, 1.82) is 0 Å². The van der Waals surface area contributed by atoms with Crippen molar-refractivity contribution >= 4 is 16.9 Å². The molecule has 1 heterocycles. The molecule has 1 N–H and O–H groups in total. The van der Waals surface area contributed by atoms with Crippen LogP contribution in [0.15, 0.2) is 42.7 Å². The van der Waals surface area contributed by atoms with Crippen LogP contribution in [0.4, 0.5) is 8.78 Å². The number of hydrogen-bond donors (Lipinski definition) is 1. The number of aromatic nitrogens is 2. The Bertz CT molecular complexity index is 860. The molecule has 3 aromatic rings. The topological polar surface area (TPSA) is 49.0 Å². The SMILES string of the molecule is CCN(Cc1ccc(F)c(F)c1)C(=O)c1ccc2nc[nH]c2c1. The number of carbonyl (C=O) groups excluding carboxylic acids is 1. The average molecular weight is 315 g/mol. The van der Waals surface area contributed by atoms with E-state index in [0.717, 1.165) is 23.2 Å². The number of hydrogen-bond acceptors (Lipinski definition) is 2. The highest BCUT2D eigenvalue weighted by atomic mass is 19.2. The number of H-pyrrole nitrogens is 1. The van der Waals surface area contributed by atoms with Gasteiger partial charge in [0.1, 0.15) is 0 Å². The molecular weight excluding hydrogens is 300 g/mol. The number of nitrogens with one attached hydrogen (secondary N) is 1. The number of benzene rings is 2. The van der Waals surface area contributed by atoms with Gasteiger partial charge < -0.3 is 9.88 Å². The van der Waals surface area contributed by atoms with E-state index in [1.807, 2.05) is 6.92 Å². The second-order valence-corrected chi connectivity index (χ2v) is 5.20. The average Bonchev–Trinajstić information content (AvgIpc) is 3.02. The number of fused-ring (bicyclic) bond motifs is 1. The second-order valence-electron chi connectivity index (χ2n) is 5.20. The Hall–Kier alpha value is -2.76. The lowest BCUT2D eigenvalue weighted by Gasteiger charge is -2.21. The predicted molar refractivity (Wildman–Crippen MR) is 82.9 cm³/mol. The molecule has 23 heavy (non-hydrogen) atoms. The predicted octanol–water partition coefficient (Wildman–Crippen LogP) is 3.50. The summed E-state index contributed by atoms with van der Waals surface area (Å²) in [5.74, 6) is -1.98. The Balaban J connectivity index is 1.84. The first-order valence-corrected chi connectivity index (χ1v) is 7.25. The van der Waals surface area contributed by atoms with Crippen molar-refractivity contribution < 1.29 is 13.6 Å². The summed E-state index contributed by atoms with van der Waals surface area (Å²) >= 11 is 0. The summed E-state index contributed by atoms with van der Waals surface area (Å²) in [7, 11) is 0. The van der Waals surface area contributed by atoms with Crippen LogP contribution in [0, 0.1) is 11.6 Å². The van der Waals surface area contributed by atoms with Crippen molar-refractivity contribution in [2.75, 3.05) is 6.54 Å². The lowest BCUT2D eigenvalue weighted by Crippen LogP contribution is -2.30. The lowest BCUT2D eigenvalue weighted by atomic mass is 10.1. The third kappa shape index (κ3) is 3.06. The summed E-state index contributed by atoms with van der Waals surface area (Å²) in [6, 6.07) is 8.87. The van der Waals surface area contributed by atoms with Crippen molar-refractivity contribution in [3.8, 4) is 0 Å². The fraction of sp³-hybridized carbons (Fsp3) is 0.176. The zero-order valence-electron chi connectivity index (χ0n) is 12.5. The van der Waals surface area contributed by atoms with Gasteiger partial charge in [0.15, 0.2) is 11.6 Å². The van der Waals surface area contributed by atoms with Gasteiger partial charge in [0.2, 0.25) is 0 Å². The van der Waals surface area contributed by atoms with E-state index in [9.17, 15) is 13.6 Å². The summed E-state index contributed by atoms with van der Waals surface area (Å²) in [4.78, 5) is 21.3. The minimum absolute atomic E-state index is 0.172.